The van der Waals surface area contributed by atoms with Gasteiger partial charge in [0.25, 0.3) is 0 Å². The molecular weight excluding hydrogens is 220 g/mol. The highest BCUT2D eigenvalue weighted by Crippen LogP contribution is 2.20. The van der Waals surface area contributed by atoms with Crippen molar-refractivity contribution in [2.45, 2.75) is 30.3 Å². The van der Waals surface area contributed by atoms with Gasteiger partial charge in [0.1, 0.15) is 0 Å². The monoisotopic (exact) mass is 236 g/mol. The first-order chi connectivity index (χ1) is 7.00. The number of methoxy groups -OCH3 is 1. The van der Waals surface area contributed by atoms with Crippen LogP contribution < -0.4 is 0 Å². The average Bonchev–Trinajstić information content (AvgIpc) is 2.28. The molecular formula is C9H16O5S. The normalized spacial score (nSPS) is 20.9. The van der Waals surface area contributed by atoms with Crippen LogP contribution in [-0.4, -0.2) is 45.2 Å². The summed E-state index contributed by atoms with van der Waals surface area (Å²) in [6.07, 6.45) is 0.924. The summed E-state index contributed by atoms with van der Waals surface area (Å²) in [5.74, 6) is -0.693. The molecule has 0 aliphatic carbocycles. The number of hydrogen-bond acceptors (Lipinski definition) is 5. The van der Waals surface area contributed by atoms with E-state index in [-0.39, 0.29) is 0 Å². The third kappa shape index (κ3) is 2.69. The Morgan fingerprint density at radius 3 is 2.40 bits per heavy atom. The second kappa shape index (κ2) is 4.94. The van der Waals surface area contributed by atoms with Crippen LogP contribution in [0, 0.1) is 0 Å². The molecule has 0 aromatic rings. The van der Waals surface area contributed by atoms with E-state index in [1.165, 1.54) is 14.0 Å². The van der Waals surface area contributed by atoms with Crippen molar-refractivity contribution < 1.29 is 22.7 Å². The Morgan fingerprint density at radius 2 is 1.93 bits per heavy atom. The molecule has 1 saturated heterocycles. The van der Waals surface area contributed by atoms with Gasteiger partial charge in [0, 0.05) is 13.2 Å². The highest BCUT2D eigenvalue weighted by molar-refractivity contribution is 7.93. The molecule has 0 N–H and O–H groups in total. The number of esters is 1. The van der Waals surface area contributed by atoms with Crippen LogP contribution in [0.15, 0.2) is 0 Å². The lowest BCUT2D eigenvalue weighted by molar-refractivity contribution is -0.139. The van der Waals surface area contributed by atoms with E-state index < -0.39 is 26.3 Å². The smallest absolute Gasteiger partial charge is 0.323 e. The fraction of sp³-hybridized carbons (Fsp3) is 0.889. The van der Waals surface area contributed by atoms with E-state index in [1.54, 1.807) is 0 Å². The molecule has 1 fully saturated rings. The van der Waals surface area contributed by atoms with Gasteiger partial charge in [0.2, 0.25) is 0 Å². The van der Waals surface area contributed by atoms with Crippen molar-refractivity contribution in [2.75, 3.05) is 20.3 Å². The van der Waals surface area contributed by atoms with Gasteiger partial charge in [-0.05, 0) is 19.8 Å². The first-order valence-electron chi connectivity index (χ1n) is 4.88. The summed E-state index contributed by atoms with van der Waals surface area (Å²) in [6.45, 7) is 2.26. The van der Waals surface area contributed by atoms with Crippen LogP contribution >= 0.6 is 0 Å². The van der Waals surface area contributed by atoms with E-state index in [9.17, 15) is 13.2 Å². The zero-order valence-corrected chi connectivity index (χ0v) is 9.75. The van der Waals surface area contributed by atoms with Crippen LogP contribution in [0.4, 0.5) is 0 Å². The zero-order chi connectivity index (χ0) is 11.5. The molecule has 1 unspecified atom stereocenters. The molecule has 6 heteroatoms. The first kappa shape index (κ1) is 12.4. The maximum absolute atomic E-state index is 11.9. The summed E-state index contributed by atoms with van der Waals surface area (Å²) >= 11 is 0. The van der Waals surface area contributed by atoms with E-state index >= 15 is 0 Å². The van der Waals surface area contributed by atoms with Gasteiger partial charge in [-0.25, -0.2) is 8.42 Å². The second-order valence-corrected chi connectivity index (χ2v) is 6.12. The van der Waals surface area contributed by atoms with Crippen LogP contribution in [0.25, 0.3) is 0 Å². The van der Waals surface area contributed by atoms with Crippen LogP contribution in [0.5, 0.6) is 0 Å². The number of rotatable bonds is 3. The van der Waals surface area contributed by atoms with E-state index in [0.717, 1.165) is 0 Å². The minimum absolute atomic E-state index is 0.442. The zero-order valence-electron chi connectivity index (χ0n) is 8.93. The standard InChI is InChI=1S/C9H16O5S/c1-7(9(10)13-2)15(11,12)8-3-5-14-6-4-8/h7-8H,3-6H2,1-2H3. The quantitative estimate of drug-likeness (QED) is 0.652. The Hall–Kier alpha value is -0.620. The molecule has 0 amide bonds. The number of carbonyl (C=O) groups excluding carboxylic acids is 1. The molecule has 0 radical (unpaired) electrons. The molecule has 0 spiro atoms. The van der Waals surface area contributed by atoms with Gasteiger partial charge in [-0.3, -0.25) is 4.79 Å². The Labute approximate surface area is 89.7 Å². The van der Waals surface area contributed by atoms with Crippen LogP contribution in [0.3, 0.4) is 0 Å². The molecule has 0 aromatic carbocycles. The van der Waals surface area contributed by atoms with Crippen molar-refractivity contribution in [1.82, 2.24) is 0 Å². The molecule has 5 nitrogen and oxygen atoms in total. The maximum Gasteiger partial charge on any atom is 0.323 e. The topological polar surface area (TPSA) is 69.7 Å². The summed E-state index contributed by atoms with van der Waals surface area (Å²) in [4.78, 5) is 11.2. The molecule has 88 valence electrons. The van der Waals surface area contributed by atoms with Crippen molar-refractivity contribution in [2.24, 2.45) is 0 Å². The summed E-state index contributed by atoms with van der Waals surface area (Å²) in [7, 11) is -2.24. The molecule has 1 atom stereocenters. The molecule has 0 bridgehead atoms. The van der Waals surface area contributed by atoms with Gasteiger partial charge in [0.05, 0.1) is 12.4 Å². The second-order valence-electron chi connectivity index (χ2n) is 3.57. The Morgan fingerprint density at radius 1 is 1.40 bits per heavy atom. The number of sulfone groups is 1. The van der Waals surface area contributed by atoms with Crippen LogP contribution in [-0.2, 0) is 24.1 Å². The summed E-state index contributed by atoms with van der Waals surface area (Å²) in [6, 6.07) is 0. The van der Waals surface area contributed by atoms with Gasteiger partial charge >= 0.3 is 5.97 Å². The predicted octanol–water partition coefficient (Wildman–Crippen LogP) is 0.142. The summed E-state index contributed by atoms with van der Waals surface area (Å²) in [5, 5.41) is -1.55. The molecule has 1 heterocycles. The third-order valence-electron chi connectivity index (χ3n) is 2.66. The van der Waals surface area contributed by atoms with Crippen molar-refractivity contribution in [3.8, 4) is 0 Å². The highest BCUT2D eigenvalue weighted by Gasteiger charge is 2.36. The first-order valence-corrected chi connectivity index (χ1v) is 6.49. The molecule has 0 saturated carbocycles. The van der Waals surface area contributed by atoms with Crippen molar-refractivity contribution in [3.05, 3.63) is 0 Å². The maximum atomic E-state index is 11.9. The van der Waals surface area contributed by atoms with Crippen molar-refractivity contribution >= 4 is 15.8 Å². The molecule has 15 heavy (non-hydrogen) atoms. The predicted molar refractivity (Wildman–Crippen MR) is 54.2 cm³/mol. The third-order valence-corrected chi connectivity index (χ3v) is 5.24. The lowest BCUT2D eigenvalue weighted by Gasteiger charge is -2.24. The van der Waals surface area contributed by atoms with Crippen LogP contribution in [0.1, 0.15) is 19.8 Å². The molecule has 1 aliphatic heterocycles. The SMILES string of the molecule is COC(=O)C(C)S(=O)(=O)C1CCOCC1. The number of hydrogen-bond donors (Lipinski definition) is 0. The fourth-order valence-corrected chi connectivity index (χ4v) is 3.38. The minimum atomic E-state index is -3.43. The molecule has 1 aliphatic rings. The fourth-order valence-electron chi connectivity index (χ4n) is 1.59. The van der Waals surface area contributed by atoms with Gasteiger partial charge in [-0.1, -0.05) is 0 Å². The average molecular weight is 236 g/mol. The largest absolute Gasteiger partial charge is 0.468 e. The van der Waals surface area contributed by atoms with Crippen molar-refractivity contribution in [1.29, 1.82) is 0 Å². The highest BCUT2D eigenvalue weighted by atomic mass is 32.2. The van der Waals surface area contributed by atoms with Gasteiger partial charge < -0.3 is 9.47 Å². The molecule has 0 aromatic heterocycles. The van der Waals surface area contributed by atoms with E-state index in [2.05, 4.69) is 4.74 Å². The van der Waals surface area contributed by atoms with Gasteiger partial charge in [-0.2, -0.15) is 0 Å². The number of carbonyl (C=O) groups is 1. The van der Waals surface area contributed by atoms with Gasteiger partial charge in [0.15, 0.2) is 15.1 Å². The lowest BCUT2D eigenvalue weighted by atomic mass is 10.2. The van der Waals surface area contributed by atoms with E-state index in [1.807, 2.05) is 0 Å². The summed E-state index contributed by atoms with van der Waals surface area (Å²) < 4.78 is 33.4. The van der Waals surface area contributed by atoms with E-state index in [4.69, 9.17) is 4.74 Å². The number of ether oxygens (including phenoxy) is 2. The lowest BCUT2D eigenvalue weighted by Crippen LogP contribution is -2.39. The summed E-state index contributed by atoms with van der Waals surface area (Å²) in [5.41, 5.74) is 0. The Balaban J connectivity index is 2.76. The van der Waals surface area contributed by atoms with Gasteiger partial charge in [-0.15, -0.1) is 0 Å². The van der Waals surface area contributed by atoms with Crippen molar-refractivity contribution in [3.63, 3.8) is 0 Å². The Kier molecular flexibility index (Phi) is 4.10. The van der Waals surface area contributed by atoms with E-state index in [0.29, 0.717) is 26.1 Å². The Bertz CT molecular complexity index is 315. The van der Waals surface area contributed by atoms with Crippen LogP contribution in [0.2, 0.25) is 0 Å². The minimum Gasteiger partial charge on any atom is -0.468 e. The molecule has 1 rings (SSSR count).